The van der Waals surface area contributed by atoms with E-state index >= 15 is 0 Å². The molecule has 0 radical (unpaired) electrons. The van der Waals surface area contributed by atoms with Crippen LogP contribution in [0.25, 0.3) is 0 Å². The van der Waals surface area contributed by atoms with Crippen LogP contribution in [0.3, 0.4) is 0 Å². The van der Waals surface area contributed by atoms with Gasteiger partial charge in [0.25, 0.3) is 0 Å². The number of carbonyl (C=O) groups excluding carboxylic acids is 1. The van der Waals surface area contributed by atoms with E-state index < -0.39 is 0 Å². The molecule has 0 bridgehead atoms. The van der Waals surface area contributed by atoms with Crippen LogP contribution in [0.15, 0.2) is 17.9 Å². The number of rotatable bonds is 4. The molecule has 2 aromatic heterocycles. The van der Waals surface area contributed by atoms with Crippen LogP contribution in [-0.2, 0) is 19.5 Å². The number of aromatic nitrogens is 2. The van der Waals surface area contributed by atoms with Crippen molar-refractivity contribution in [2.75, 3.05) is 13.7 Å². The van der Waals surface area contributed by atoms with Crippen molar-refractivity contribution in [2.24, 2.45) is 5.73 Å². The Kier molecular flexibility index (Phi) is 3.85. The molecule has 2 N–H and O–H groups in total. The van der Waals surface area contributed by atoms with Crippen molar-refractivity contribution in [1.82, 2.24) is 14.9 Å². The van der Waals surface area contributed by atoms with E-state index in [1.165, 1.54) is 11.2 Å². The van der Waals surface area contributed by atoms with Gasteiger partial charge in [-0.1, -0.05) is 0 Å². The molecule has 0 saturated heterocycles. The number of nitrogens with two attached hydrogens (primary N) is 1. The highest BCUT2D eigenvalue weighted by atomic mass is 32.1. The Hall–Kier alpha value is -1.99. The summed E-state index contributed by atoms with van der Waals surface area (Å²) in [6.07, 6.45) is 4.10. The molecule has 0 saturated carbocycles. The number of nitrogens with zero attached hydrogens (tertiary/aromatic N) is 3. The molecule has 0 unspecified atom stereocenters. The van der Waals surface area contributed by atoms with Gasteiger partial charge in [0.05, 0.1) is 12.7 Å². The van der Waals surface area contributed by atoms with Crippen LogP contribution in [0, 0.1) is 0 Å². The van der Waals surface area contributed by atoms with Crippen molar-refractivity contribution in [1.29, 1.82) is 0 Å². The minimum atomic E-state index is -0.334. The third-order valence-corrected chi connectivity index (χ3v) is 4.64. The number of carbonyl (C=O) groups is 1. The Labute approximate surface area is 126 Å². The molecule has 0 spiro atoms. The predicted octanol–water partition coefficient (Wildman–Crippen LogP) is 1.20. The second-order valence-corrected chi connectivity index (χ2v) is 5.90. The molecule has 0 aromatic carbocycles. The maximum atomic E-state index is 11.4. The Bertz CT molecular complexity index is 671. The van der Waals surface area contributed by atoms with Crippen LogP contribution in [0.5, 0.6) is 5.88 Å². The summed E-state index contributed by atoms with van der Waals surface area (Å²) in [5, 5.41) is 1.86. The SMILES string of the molecule is COc1ncncc1CN1CCc2c(C(N)=O)csc2C1. The fraction of sp³-hybridized carbons (Fsp3) is 0.357. The zero-order chi connectivity index (χ0) is 14.8. The average Bonchev–Trinajstić information content (AvgIpc) is 2.91. The maximum Gasteiger partial charge on any atom is 0.249 e. The van der Waals surface area contributed by atoms with Gasteiger partial charge in [0, 0.05) is 41.7 Å². The fourth-order valence-corrected chi connectivity index (χ4v) is 3.73. The molecule has 3 rings (SSSR count). The predicted molar refractivity (Wildman–Crippen MR) is 79.2 cm³/mol. The molecule has 7 heteroatoms. The van der Waals surface area contributed by atoms with Crippen LogP contribution in [0.2, 0.25) is 0 Å². The molecule has 21 heavy (non-hydrogen) atoms. The number of hydrogen-bond acceptors (Lipinski definition) is 6. The summed E-state index contributed by atoms with van der Waals surface area (Å²) in [6.45, 7) is 2.42. The second kappa shape index (κ2) is 5.79. The van der Waals surface area contributed by atoms with E-state index in [1.807, 2.05) is 5.38 Å². The number of amides is 1. The standard InChI is InChI=1S/C14H16N4O2S/c1-20-14-9(4-16-8-17-14)5-18-3-2-10-11(13(15)19)7-21-12(10)6-18/h4,7-8H,2-3,5-6H2,1H3,(H2,15,19). The molecule has 0 fully saturated rings. The van der Waals surface area contributed by atoms with Gasteiger partial charge in [-0.05, 0) is 12.0 Å². The summed E-state index contributed by atoms with van der Waals surface area (Å²) >= 11 is 1.60. The lowest BCUT2D eigenvalue weighted by Gasteiger charge is -2.27. The number of thiophene rings is 1. The smallest absolute Gasteiger partial charge is 0.249 e. The quantitative estimate of drug-likeness (QED) is 0.918. The van der Waals surface area contributed by atoms with E-state index in [0.717, 1.165) is 37.2 Å². The summed E-state index contributed by atoms with van der Waals surface area (Å²) in [5.41, 5.74) is 8.15. The number of ether oxygens (including phenoxy) is 1. The largest absolute Gasteiger partial charge is 0.481 e. The first-order chi connectivity index (χ1) is 10.2. The van der Waals surface area contributed by atoms with E-state index in [0.29, 0.717) is 11.4 Å². The zero-order valence-electron chi connectivity index (χ0n) is 11.7. The van der Waals surface area contributed by atoms with Gasteiger partial charge in [-0.3, -0.25) is 9.69 Å². The molecule has 110 valence electrons. The molecule has 1 aliphatic rings. The van der Waals surface area contributed by atoms with E-state index in [9.17, 15) is 4.79 Å². The van der Waals surface area contributed by atoms with Gasteiger partial charge in [-0.2, -0.15) is 0 Å². The molecule has 3 heterocycles. The molecule has 2 aromatic rings. The lowest BCUT2D eigenvalue weighted by Crippen LogP contribution is -2.30. The van der Waals surface area contributed by atoms with Crippen molar-refractivity contribution in [3.63, 3.8) is 0 Å². The number of primary amides is 1. The molecule has 0 aliphatic carbocycles. The first-order valence-corrected chi connectivity index (χ1v) is 7.51. The van der Waals surface area contributed by atoms with Gasteiger partial charge in [-0.25, -0.2) is 9.97 Å². The van der Waals surface area contributed by atoms with Gasteiger partial charge in [0.2, 0.25) is 11.8 Å². The molecule has 1 amide bonds. The Morgan fingerprint density at radius 1 is 1.57 bits per heavy atom. The molecule has 6 nitrogen and oxygen atoms in total. The number of methoxy groups -OCH3 is 1. The highest BCUT2D eigenvalue weighted by molar-refractivity contribution is 7.10. The monoisotopic (exact) mass is 304 g/mol. The van der Waals surface area contributed by atoms with Crippen molar-refractivity contribution < 1.29 is 9.53 Å². The van der Waals surface area contributed by atoms with Gasteiger partial charge in [-0.15, -0.1) is 11.3 Å². The van der Waals surface area contributed by atoms with E-state index in [1.54, 1.807) is 24.6 Å². The van der Waals surface area contributed by atoms with E-state index in [-0.39, 0.29) is 5.91 Å². The van der Waals surface area contributed by atoms with Crippen molar-refractivity contribution in [3.8, 4) is 5.88 Å². The van der Waals surface area contributed by atoms with Gasteiger partial charge in [0.15, 0.2) is 0 Å². The summed E-state index contributed by atoms with van der Waals surface area (Å²) in [4.78, 5) is 23.1. The van der Waals surface area contributed by atoms with Gasteiger partial charge >= 0.3 is 0 Å². The second-order valence-electron chi connectivity index (χ2n) is 4.93. The number of hydrogen-bond donors (Lipinski definition) is 1. The molecular formula is C14H16N4O2S. The third kappa shape index (κ3) is 2.74. The summed E-state index contributed by atoms with van der Waals surface area (Å²) in [5.74, 6) is 0.277. The Morgan fingerprint density at radius 3 is 3.19 bits per heavy atom. The van der Waals surface area contributed by atoms with Crippen molar-refractivity contribution in [3.05, 3.63) is 39.5 Å². The van der Waals surface area contributed by atoms with Crippen LogP contribution < -0.4 is 10.5 Å². The minimum Gasteiger partial charge on any atom is -0.481 e. The van der Waals surface area contributed by atoms with Crippen LogP contribution >= 0.6 is 11.3 Å². The lowest BCUT2D eigenvalue weighted by molar-refractivity contribution is 0.0999. The average molecular weight is 304 g/mol. The molecule has 1 aliphatic heterocycles. The zero-order valence-corrected chi connectivity index (χ0v) is 12.5. The van der Waals surface area contributed by atoms with Gasteiger partial charge < -0.3 is 10.5 Å². The topological polar surface area (TPSA) is 81.3 Å². The van der Waals surface area contributed by atoms with E-state index in [4.69, 9.17) is 10.5 Å². The summed E-state index contributed by atoms with van der Waals surface area (Å²) in [7, 11) is 1.61. The Morgan fingerprint density at radius 2 is 2.43 bits per heavy atom. The lowest BCUT2D eigenvalue weighted by atomic mass is 10.0. The minimum absolute atomic E-state index is 0.334. The third-order valence-electron chi connectivity index (χ3n) is 3.63. The first-order valence-electron chi connectivity index (χ1n) is 6.63. The van der Waals surface area contributed by atoms with Crippen LogP contribution in [0.1, 0.15) is 26.4 Å². The molecular weight excluding hydrogens is 288 g/mol. The summed E-state index contributed by atoms with van der Waals surface area (Å²) in [6, 6.07) is 0. The van der Waals surface area contributed by atoms with Crippen molar-refractivity contribution >= 4 is 17.2 Å². The highest BCUT2D eigenvalue weighted by Gasteiger charge is 2.23. The normalized spacial score (nSPS) is 14.7. The highest BCUT2D eigenvalue weighted by Crippen LogP contribution is 2.29. The van der Waals surface area contributed by atoms with Crippen LogP contribution in [0.4, 0.5) is 0 Å². The van der Waals surface area contributed by atoms with E-state index in [2.05, 4.69) is 14.9 Å². The maximum absolute atomic E-state index is 11.4. The van der Waals surface area contributed by atoms with Gasteiger partial charge in [0.1, 0.15) is 6.33 Å². The fourth-order valence-electron chi connectivity index (χ4n) is 2.60. The van der Waals surface area contributed by atoms with Crippen molar-refractivity contribution in [2.45, 2.75) is 19.5 Å². The number of fused-ring (bicyclic) bond motifs is 1. The van der Waals surface area contributed by atoms with Crippen LogP contribution in [-0.4, -0.2) is 34.4 Å². The first kappa shape index (κ1) is 14.0. The Balaban J connectivity index is 1.76. The molecule has 0 atom stereocenters. The summed E-state index contributed by atoms with van der Waals surface area (Å²) < 4.78 is 5.26.